The standard InChI is InChI=1S/C15H21FN2O3S.ClH/c1-11-10-17-7-8-18(11)15(19)9-12(2)22(20,21)14-5-3-13(16)4-6-14;/h3-6,11-12,17H,7-10H2,1-2H3;1H/t11-,12?;/m0./s1. The van der Waals surface area contributed by atoms with Gasteiger partial charge in [0.2, 0.25) is 5.91 Å². The second-order valence-electron chi connectivity index (χ2n) is 5.65. The van der Waals surface area contributed by atoms with Crippen LogP contribution in [-0.4, -0.2) is 50.2 Å². The molecule has 0 bridgehead atoms. The van der Waals surface area contributed by atoms with Gasteiger partial charge in [-0.05, 0) is 38.1 Å². The van der Waals surface area contributed by atoms with Gasteiger partial charge in [0.15, 0.2) is 9.84 Å². The smallest absolute Gasteiger partial charge is 0.224 e. The van der Waals surface area contributed by atoms with Gasteiger partial charge >= 0.3 is 0 Å². The number of halogens is 2. The number of rotatable bonds is 4. The maximum atomic E-state index is 12.9. The largest absolute Gasteiger partial charge is 0.337 e. The summed E-state index contributed by atoms with van der Waals surface area (Å²) in [6.45, 7) is 5.47. The molecule has 0 aliphatic carbocycles. The van der Waals surface area contributed by atoms with Crippen LogP contribution >= 0.6 is 12.4 Å². The number of benzene rings is 1. The highest BCUT2D eigenvalue weighted by Crippen LogP contribution is 2.20. The SMILES string of the molecule is CC(CC(=O)N1CCNC[C@@H]1C)S(=O)(=O)c1ccc(F)cc1.Cl. The van der Waals surface area contributed by atoms with Crippen molar-refractivity contribution in [3.63, 3.8) is 0 Å². The van der Waals surface area contributed by atoms with E-state index in [1.54, 1.807) is 4.90 Å². The molecule has 5 nitrogen and oxygen atoms in total. The monoisotopic (exact) mass is 364 g/mol. The first kappa shape index (κ1) is 19.9. The van der Waals surface area contributed by atoms with E-state index in [0.29, 0.717) is 13.1 Å². The van der Waals surface area contributed by atoms with E-state index >= 15 is 0 Å². The van der Waals surface area contributed by atoms with E-state index in [4.69, 9.17) is 0 Å². The van der Waals surface area contributed by atoms with E-state index in [-0.39, 0.29) is 35.7 Å². The zero-order valence-corrected chi connectivity index (χ0v) is 14.8. The molecule has 1 aliphatic heterocycles. The van der Waals surface area contributed by atoms with Crippen molar-refractivity contribution in [1.82, 2.24) is 10.2 Å². The Balaban J connectivity index is 0.00000264. The van der Waals surface area contributed by atoms with Crippen molar-refractivity contribution in [1.29, 1.82) is 0 Å². The molecule has 0 spiro atoms. The zero-order valence-electron chi connectivity index (χ0n) is 13.2. The second-order valence-corrected chi connectivity index (χ2v) is 8.02. The molecule has 1 N–H and O–H groups in total. The number of hydrogen-bond donors (Lipinski definition) is 1. The van der Waals surface area contributed by atoms with E-state index in [0.717, 1.165) is 18.7 Å². The van der Waals surface area contributed by atoms with Crippen molar-refractivity contribution in [2.24, 2.45) is 0 Å². The molecule has 130 valence electrons. The zero-order chi connectivity index (χ0) is 16.3. The van der Waals surface area contributed by atoms with Crippen molar-refractivity contribution >= 4 is 28.2 Å². The molecule has 1 saturated heterocycles. The Bertz CT molecular complexity index is 637. The van der Waals surface area contributed by atoms with Crippen LogP contribution in [-0.2, 0) is 14.6 Å². The van der Waals surface area contributed by atoms with Crippen LogP contribution in [0, 0.1) is 5.82 Å². The number of hydrogen-bond acceptors (Lipinski definition) is 4. The van der Waals surface area contributed by atoms with Crippen LogP contribution in [0.25, 0.3) is 0 Å². The number of sulfone groups is 1. The van der Waals surface area contributed by atoms with Gasteiger partial charge in [-0.2, -0.15) is 0 Å². The summed E-state index contributed by atoms with van der Waals surface area (Å²) < 4.78 is 37.8. The van der Waals surface area contributed by atoms with E-state index in [9.17, 15) is 17.6 Å². The first-order valence-electron chi connectivity index (χ1n) is 7.32. The summed E-state index contributed by atoms with van der Waals surface area (Å²) in [6, 6.07) is 4.75. The van der Waals surface area contributed by atoms with Crippen molar-refractivity contribution < 1.29 is 17.6 Å². The number of amides is 1. The van der Waals surface area contributed by atoms with Crippen LogP contribution in [0.5, 0.6) is 0 Å². The molecule has 0 radical (unpaired) electrons. The predicted octanol–water partition coefficient (Wildman–Crippen LogP) is 1.62. The van der Waals surface area contributed by atoms with Crippen LogP contribution in [0.2, 0.25) is 0 Å². The molecule has 0 aromatic heterocycles. The van der Waals surface area contributed by atoms with Crippen LogP contribution in [0.1, 0.15) is 20.3 Å². The van der Waals surface area contributed by atoms with E-state index in [2.05, 4.69) is 5.32 Å². The molecule has 1 aliphatic rings. The lowest BCUT2D eigenvalue weighted by Crippen LogP contribution is -2.52. The van der Waals surface area contributed by atoms with Crippen LogP contribution in [0.4, 0.5) is 4.39 Å². The number of carbonyl (C=O) groups is 1. The molecule has 1 aromatic carbocycles. The molecule has 23 heavy (non-hydrogen) atoms. The number of carbonyl (C=O) groups excluding carboxylic acids is 1. The fraction of sp³-hybridized carbons (Fsp3) is 0.533. The van der Waals surface area contributed by atoms with E-state index in [1.165, 1.54) is 19.1 Å². The minimum atomic E-state index is -3.64. The van der Waals surface area contributed by atoms with E-state index in [1.807, 2.05) is 6.92 Å². The lowest BCUT2D eigenvalue weighted by molar-refractivity contribution is -0.133. The maximum absolute atomic E-state index is 12.9. The predicted molar refractivity (Wildman–Crippen MR) is 89.0 cm³/mol. The maximum Gasteiger partial charge on any atom is 0.224 e. The molecular weight excluding hydrogens is 343 g/mol. The molecule has 2 atom stereocenters. The van der Waals surface area contributed by atoms with Crippen molar-refractivity contribution in [2.45, 2.75) is 36.5 Å². The number of nitrogens with zero attached hydrogens (tertiary/aromatic N) is 1. The van der Waals surface area contributed by atoms with Gasteiger partial charge < -0.3 is 10.2 Å². The van der Waals surface area contributed by atoms with Crippen LogP contribution < -0.4 is 5.32 Å². The number of piperazine rings is 1. The molecule has 0 saturated carbocycles. The topological polar surface area (TPSA) is 66.5 Å². The first-order valence-corrected chi connectivity index (χ1v) is 8.86. The number of nitrogens with one attached hydrogen (secondary N) is 1. The molecule has 1 amide bonds. The van der Waals surface area contributed by atoms with Gasteiger partial charge in [0.05, 0.1) is 10.1 Å². The third kappa shape index (κ3) is 4.65. The molecule has 2 rings (SSSR count). The molecular formula is C15H22ClFN2O3S. The van der Waals surface area contributed by atoms with Crippen molar-refractivity contribution in [3.05, 3.63) is 30.1 Å². The molecule has 1 fully saturated rings. The summed E-state index contributed by atoms with van der Waals surface area (Å²) in [6.07, 6.45) is -0.0654. The summed E-state index contributed by atoms with van der Waals surface area (Å²) >= 11 is 0. The van der Waals surface area contributed by atoms with Gasteiger partial charge in [-0.3, -0.25) is 4.79 Å². The van der Waals surface area contributed by atoms with Gasteiger partial charge in [0.1, 0.15) is 5.82 Å². The molecule has 1 aromatic rings. The average molecular weight is 365 g/mol. The summed E-state index contributed by atoms with van der Waals surface area (Å²) in [7, 11) is -3.64. The van der Waals surface area contributed by atoms with Crippen LogP contribution in [0.3, 0.4) is 0 Å². The Kier molecular flexibility index (Phi) is 6.98. The van der Waals surface area contributed by atoms with Gasteiger partial charge in [-0.25, -0.2) is 12.8 Å². The van der Waals surface area contributed by atoms with Gasteiger partial charge in [0, 0.05) is 32.1 Å². The van der Waals surface area contributed by atoms with Crippen molar-refractivity contribution in [2.75, 3.05) is 19.6 Å². The average Bonchev–Trinajstić information content (AvgIpc) is 2.48. The molecule has 8 heteroatoms. The van der Waals surface area contributed by atoms with Crippen LogP contribution in [0.15, 0.2) is 29.2 Å². The third-order valence-electron chi connectivity index (χ3n) is 3.96. The highest BCUT2D eigenvalue weighted by Gasteiger charge is 2.30. The summed E-state index contributed by atoms with van der Waals surface area (Å²) in [4.78, 5) is 14.1. The summed E-state index contributed by atoms with van der Waals surface area (Å²) in [5.41, 5.74) is 0. The Morgan fingerprint density at radius 3 is 2.57 bits per heavy atom. The quantitative estimate of drug-likeness (QED) is 0.824. The third-order valence-corrected chi connectivity index (χ3v) is 6.11. The second kappa shape index (κ2) is 8.08. The Labute approximate surface area is 142 Å². The molecule has 1 heterocycles. The first-order chi connectivity index (χ1) is 10.3. The molecule has 1 unspecified atom stereocenters. The summed E-state index contributed by atoms with van der Waals surface area (Å²) in [5, 5.41) is 2.35. The Hall–Kier alpha value is -1.18. The van der Waals surface area contributed by atoms with Gasteiger partial charge in [-0.1, -0.05) is 0 Å². The highest BCUT2D eigenvalue weighted by molar-refractivity contribution is 7.92. The van der Waals surface area contributed by atoms with Gasteiger partial charge in [-0.15, -0.1) is 12.4 Å². The Morgan fingerprint density at radius 1 is 1.39 bits per heavy atom. The van der Waals surface area contributed by atoms with Gasteiger partial charge in [0.25, 0.3) is 0 Å². The fourth-order valence-corrected chi connectivity index (χ4v) is 3.88. The van der Waals surface area contributed by atoms with Crippen molar-refractivity contribution in [3.8, 4) is 0 Å². The highest BCUT2D eigenvalue weighted by atomic mass is 35.5. The van der Waals surface area contributed by atoms with E-state index < -0.39 is 20.9 Å². The lowest BCUT2D eigenvalue weighted by atomic mass is 10.2. The normalized spacial score (nSPS) is 19.8. The Morgan fingerprint density at radius 2 is 2.00 bits per heavy atom. The fourth-order valence-electron chi connectivity index (χ4n) is 2.54. The lowest BCUT2D eigenvalue weighted by Gasteiger charge is -2.34. The minimum absolute atomic E-state index is 0. The summed E-state index contributed by atoms with van der Waals surface area (Å²) in [5.74, 6) is -0.649. The minimum Gasteiger partial charge on any atom is -0.337 e.